The number of anilines is 1. The van der Waals surface area contributed by atoms with Crippen LogP contribution >= 0.6 is 0 Å². The number of rotatable bonds is 9. The number of nitrogens with zero attached hydrogens (tertiary/aromatic N) is 2. The summed E-state index contributed by atoms with van der Waals surface area (Å²) in [5, 5.41) is 0. The van der Waals surface area contributed by atoms with E-state index in [1.54, 1.807) is 0 Å². The summed E-state index contributed by atoms with van der Waals surface area (Å²) in [5.41, 5.74) is 9.11. The highest BCUT2D eigenvalue weighted by Gasteiger charge is 2.44. The summed E-state index contributed by atoms with van der Waals surface area (Å²) in [5.74, 6) is 0.713. The molecule has 0 N–H and O–H groups in total. The van der Waals surface area contributed by atoms with Crippen molar-refractivity contribution in [3.63, 3.8) is 0 Å². The van der Waals surface area contributed by atoms with E-state index >= 15 is 0 Å². The molecule has 0 spiro atoms. The first-order chi connectivity index (χ1) is 21.3. The Bertz CT molecular complexity index is 1670. The third-order valence-electron chi connectivity index (χ3n) is 9.40. The van der Waals surface area contributed by atoms with Gasteiger partial charge in [0, 0.05) is 42.0 Å². The smallest absolute Gasteiger partial charge is 0.343 e. The first kappa shape index (κ1) is 29.6. The van der Waals surface area contributed by atoms with Gasteiger partial charge in [-0.05, 0) is 92.6 Å². The van der Waals surface area contributed by atoms with Gasteiger partial charge in [-0.2, -0.15) is 4.58 Å². The molecule has 4 nitrogen and oxygen atoms in total. The lowest BCUT2D eigenvalue weighted by molar-refractivity contribution is -0.455. The van der Waals surface area contributed by atoms with Crippen molar-refractivity contribution < 1.29 is 14.1 Å². The molecule has 1 atom stereocenters. The lowest BCUT2D eigenvalue weighted by Crippen LogP contribution is -2.27. The molecule has 6 rings (SSSR count). The predicted octanol–water partition coefficient (Wildman–Crippen LogP) is 9.31. The average molecular weight is 584 g/mol. The van der Waals surface area contributed by atoms with Gasteiger partial charge in [-0.15, -0.1) is 0 Å². The Balaban J connectivity index is 1.21. The molecule has 2 heterocycles. The van der Waals surface area contributed by atoms with E-state index < -0.39 is 0 Å². The summed E-state index contributed by atoms with van der Waals surface area (Å²) in [6.07, 6.45) is 8.16. The Morgan fingerprint density at radius 1 is 0.886 bits per heavy atom. The van der Waals surface area contributed by atoms with Crippen LogP contribution < -0.4 is 9.64 Å². The van der Waals surface area contributed by atoms with Crippen LogP contribution in [0.2, 0.25) is 0 Å². The second kappa shape index (κ2) is 12.7. The van der Waals surface area contributed by atoms with Crippen molar-refractivity contribution in [2.24, 2.45) is 0 Å². The Morgan fingerprint density at radius 3 is 2.25 bits per heavy atom. The normalized spacial score (nSPS) is 16.4. The van der Waals surface area contributed by atoms with E-state index in [0.717, 1.165) is 25.1 Å². The van der Waals surface area contributed by atoms with Gasteiger partial charge in [-0.1, -0.05) is 68.4 Å². The molecular weight excluding hydrogens is 540 g/mol. The summed E-state index contributed by atoms with van der Waals surface area (Å²) in [7, 11) is 0. The van der Waals surface area contributed by atoms with Crippen LogP contribution in [0, 0.1) is 0 Å². The topological polar surface area (TPSA) is 32.6 Å². The minimum absolute atomic E-state index is 0.142. The van der Waals surface area contributed by atoms with Crippen LogP contribution in [0.1, 0.15) is 85.5 Å². The molecule has 224 valence electrons. The van der Waals surface area contributed by atoms with Crippen LogP contribution in [0.4, 0.5) is 11.4 Å². The Kier molecular flexibility index (Phi) is 8.52. The van der Waals surface area contributed by atoms with Crippen LogP contribution in [0.5, 0.6) is 5.75 Å². The van der Waals surface area contributed by atoms with Crippen LogP contribution in [0.25, 0.3) is 6.08 Å². The zero-order chi connectivity index (χ0) is 30.7. The predicted molar refractivity (Wildman–Crippen MR) is 182 cm³/mol. The van der Waals surface area contributed by atoms with Crippen molar-refractivity contribution in [3.8, 4) is 5.75 Å². The van der Waals surface area contributed by atoms with E-state index in [2.05, 4.69) is 97.9 Å². The van der Waals surface area contributed by atoms with E-state index in [1.807, 2.05) is 48.5 Å². The van der Waals surface area contributed by atoms with E-state index in [1.165, 1.54) is 46.6 Å². The molecule has 2 aliphatic rings. The van der Waals surface area contributed by atoms with Gasteiger partial charge in [0.2, 0.25) is 5.69 Å². The second-order valence-electron chi connectivity index (χ2n) is 12.7. The highest BCUT2D eigenvalue weighted by atomic mass is 16.5. The van der Waals surface area contributed by atoms with Crippen molar-refractivity contribution >= 4 is 29.1 Å². The number of esters is 1. The highest BCUT2D eigenvalue weighted by Crippen LogP contribution is 2.40. The largest absolute Gasteiger partial charge is 0.423 e. The first-order valence-electron chi connectivity index (χ1n) is 16.0. The van der Waals surface area contributed by atoms with Gasteiger partial charge in [0.15, 0.2) is 12.3 Å². The van der Waals surface area contributed by atoms with Crippen LogP contribution in [0.3, 0.4) is 0 Å². The monoisotopic (exact) mass is 583 g/mol. The molecule has 4 aromatic carbocycles. The van der Waals surface area contributed by atoms with Gasteiger partial charge in [-0.25, -0.2) is 4.79 Å². The third kappa shape index (κ3) is 6.12. The number of benzene rings is 4. The molecule has 1 saturated heterocycles. The van der Waals surface area contributed by atoms with E-state index in [4.69, 9.17) is 4.74 Å². The fourth-order valence-corrected chi connectivity index (χ4v) is 6.45. The summed E-state index contributed by atoms with van der Waals surface area (Å²) < 4.78 is 8.09. The summed E-state index contributed by atoms with van der Waals surface area (Å²) in [6.45, 7) is 12.0. The lowest BCUT2D eigenvalue weighted by atomic mass is 9.81. The number of para-hydroxylation sites is 1. The fraction of sp³-hybridized carbons (Fsp3) is 0.300. The zero-order valence-corrected chi connectivity index (χ0v) is 26.4. The van der Waals surface area contributed by atoms with Gasteiger partial charge < -0.3 is 9.64 Å². The average Bonchev–Trinajstić information content (AvgIpc) is 3.66. The number of allylic oxidation sites excluding steroid dienone is 1. The van der Waals surface area contributed by atoms with Crippen LogP contribution in [-0.4, -0.2) is 29.3 Å². The van der Waals surface area contributed by atoms with Crippen molar-refractivity contribution in [2.75, 3.05) is 18.0 Å². The van der Waals surface area contributed by atoms with Gasteiger partial charge in [0.25, 0.3) is 0 Å². The first-order valence-corrected chi connectivity index (χ1v) is 16.0. The third-order valence-corrected chi connectivity index (χ3v) is 9.40. The van der Waals surface area contributed by atoms with Crippen molar-refractivity contribution in [3.05, 3.63) is 131 Å². The van der Waals surface area contributed by atoms with E-state index in [-0.39, 0.29) is 11.4 Å². The minimum atomic E-state index is -0.341. The summed E-state index contributed by atoms with van der Waals surface area (Å²) in [4.78, 5) is 15.4. The number of fused-ring (bicyclic) bond motifs is 1. The molecule has 0 aromatic heterocycles. The van der Waals surface area contributed by atoms with Crippen LogP contribution in [0.15, 0.2) is 103 Å². The molecule has 0 amide bonds. The lowest BCUT2D eigenvalue weighted by Gasteiger charge is -2.17. The highest BCUT2D eigenvalue weighted by molar-refractivity contribution is 6.05. The van der Waals surface area contributed by atoms with Crippen molar-refractivity contribution in [1.82, 2.24) is 0 Å². The molecule has 0 bridgehead atoms. The Morgan fingerprint density at radius 2 is 1.57 bits per heavy atom. The number of ether oxygens (including phenoxy) is 1. The summed E-state index contributed by atoms with van der Waals surface area (Å²) in [6, 6.07) is 33.3. The SMILES string of the molecule is CCC(C)c1ccc(OC(=O)c2ccc(C[N+]3=C(C=Cc4ccc(N5CCCC5)cc4)C(C)(C)c4ccccc43)cc2)cc1. The van der Waals surface area contributed by atoms with Gasteiger partial charge in [0.1, 0.15) is 5.75 Å². The van der Waals surface area contributed by atoms with Crippen molar-refractivity contribution in [2.45, 2.75) is 64.8 Å². The summed E-state index contributed by atoms with van der Waals surface area (Å²) >= 11 is 0. The maximum Gasteiger partial charge on any atom is 0.343 e. The zero-order valence-electron chi connectivity index (χ0n) is 26.4. The van der Waals surface area contributed by atoms with Crippen LogP contribution in [-0.2, 0) is 12.0 Å². The van der Waals surface area contributed by atoms with Gasteiger partial charge in [-0.3, -0.25) is 0 Å². The number of hydrogen-bond donors (Lipinski definition) is 0. The Hall–Kier alpha value is -4.44. The van der Waals surface area contributed by atoms with E-state index in [9.17, 15) is 4.79 Å². The maximum absolute atomic E-state index is 12.9. The molecule has 0 radical (unpaired) electrons. The number of carbonyl (C=O) groups excluding carboxylic acids is 1. The molecule has 2 aliphatic heterocycles. The molecule has 1 unspecified atom stereocenters. The number of carbonyl (C=O) groups is 1. The number of hydrogen-bond acceptors (Lipinski definition) is 3. The molecular formula is C40H43N2O2+. The molecule has 4 aromatic rings. The molecule has 44 heavy (non-hydrogen) atoms. The maximum atomic E-state index is 12.9. The fourth-order valence-electron chi connectivity index (χ4n) is 6.45. The van der Waals surface area contributed by atoms with Crippen molar-refractivity contribution in [1.29, 1.82) is 0 Å². The quantitative estimate of drug-likeness (QED) is 0.112. The molecule has 0 saturated carbocycles. The van der Waals surface area contributed by atoms with Gasteiger partial charge in [0.05, 0.1) is 11.0 Å². The second-order valence-corrected chi connectivity index (χ2v) is 12.7. The molecule has 4 heteroatoms. The molecule has 1 fully saturated rings. The standard InChI is InChI=1S/C40H43N2O2/c1-5-29(2)32-19-23-35(24-20-32)44-39(43)33-17-12-31(13-18-33)28-42-37-11-7-6-10-36(37)40(3,4)38(42)25-16-30-14-21-34(22-15-30)41-26-8-9-27-41/h6-7,10-25,29H,5,8-9,26-28H2,1-4H3/q+1. The Labute approximate surface area is 262 Å². The van der Waals surface area contributed by atoms with E-state index in [0.29, 0.717) is 23.8 Å². The minimum Gasteiger partial charge on any atom is -0.423 e. The van der Waals surface area contributed by atoms with Gasteiger partial charge >= 0.3 is 5.97 Å². The molecule has 0 aliphatic carbocycles.